The molecule has 3 aromatic rings. The maximum absolute atomic E-state index is 6.20. The second kappa shape index (κ2) is 8.27. The van der Waals surface area contributed by atoms with E-state index in [0.717, 1.165) is 54.1 Å². The Balaban J connectivity index is 1.55. The van der Waals surface area contributed by atoms with Gasteiger partial charge in [0.15, 0.2) is 0 Å². The average molecular weight is 375 g/mol. The van der Waals surface area contributed by atoms with Crippen molar-refractivity contribution >= 4 is 11.6 Å². The van der Waals surface area contributed by atoms with Gasteiger partial charge in [0.05, 0.1) is 5.56 Å². The Bertz CT molecular complexity index is 906. The predicted octanol–water partition coefficient (Wildman–Crippen LogP) is 4.20. The molecule has 4 rings (SSSR count). The number of nitrogens with one attached hydrogen (secondary N) is 1. The molecule has 144 valence electrons. The zero-order valence-corrected chi connectivity index (χ0v) is 15.7. The summed E-state index contributed by atoms with van der Waals surface area (Å²) in [6.45, 7) is 0. The quantitative estimate of drug-likeness (QED) is 0.618. The van der Waals surface area contributed by atoms with E-state index in [1.807, 2.05) is 54.6 Å². The molecule has 1 saturated carbocycles. The fourth-order valence-electron chi connectivity index (χ4n) is 3.56. The van der Waals surface area contributed by atoms with Crippen LogP contribution in [-0.2, 0) is 0 Å². The van der Waals surface area contributed by atoms with Crippen molar-refractivity contribution < 1.29 is 4.74 Å². The number of nitrogens with two attached hydrogens (primary N) is 2. The van der Waals surface area contributed by atoms with Crippen molar-refractivity contribution in [1.29, 1.82) is 0 Å². The maximum Gasteiger partial charge on any atom is 0.139 e. The van der Waals surface area contributed by atoms with Gasteiger partial charge in [-0.2, -0.15) is 0 Å². The maximum atomic E-state index is 6.20. The van der Waals surface area contributed by atoms with Gasteiger partial charge in [-0.15, -0.1) is 0 Å². The smallest absolute Gasteiger partial charge is 0.139 e. The highest BCUT2D eigenvalue weighted by Crippen LogP contribution is 2.34. The van der Waals surface area contributed by atoms with Crippen LogP contribution in [0.3, 0.4) is 0 Å². The molecule has 0 atom stereocenters. The van der Waals surface area contributed by atoms with E-state index in [1.165, 1.54) is 6.33 Å². The van der Waals surface area contributed by atoms with Gasteiger partial charge in [-0.3, -0.25) is 0 Å². The summed E-state index contributed by atoms with van der Waals surface area (Å²) >= 11 is 0. The molecule has 1 aromatic heterocycles. The van der Waals surface area contributed by atoms with Gasteiger partial charge in [0.25, 0.3) is 0 Å². The number of ether oxygens (including phenoxy) is 1. The van der Waals surface area contributed by atoms with E-state index in [-0.39, 0.29) is 0 Å². The third kappa shape index (κ3) is 4.23. The van der Waals surface area contributed by atoms with E-state index in [0.29, 0.717) is 17.9 Å². The van der Waals surface area contributed by atoms with E-state index in [9.17, 15) is 0 Å². The lowest BCUT2D eigenvalue weighted by Crippen LogP contribution is -2.33. The number of hydrogen-bond donors (Lipinski definition) is 3. The first-order valence-corrected chi connectivity index (χ1v) is 9.65. The lowest BCUT2D eigenvalue weighted by Gasteiger charge is -2.28. The van der Waals surface area contributed by atoms with E-state index in [4.69, 9.17) is 16.2 Å². The summed E-state index contributed by atoms with van der Waals surface area (Å²) < 4.78 is 5.87. The topological polar surface area (TPSA) is 99.1 Å². The van der Waals surface area contributed by atoms with Crippen LogP contribution < -0.4 is 21.5 Å². The third-order valence-electron chi connectivity index (χ3n) is 5.11. The summed E-state index contributed by atoms with van der Waals surface area (Å²) in [5, 5.41) is 3.55. The molecule has 0 bridgehead atoms. The van der Waals surface area contributed by atoms with Crippen LogP contribution in [0, 0.1) is 0 Å². The Labute approximate surface area is 165 Å². The first kappa shape index (κ1) is 18.3. The molecule has 1 fully saturated rings. The number of anilines is 2. The minimum atomic E-state index is 0.310. The highest BCUT2D eigenvalue weighted by atomic mass is 16.5. The minimum Gasteiger partial charge on any atom is -0.457 e. The highest BCUT2D eigenvalue weighted by molar-refractivity contribution is 5.83. The molecule has 0 radical (unpaired) electrons. The number of para-hydroxylation sites is 1. The standard InChI is InChI=1S/C22H25N5O/c23-16-8-10-17(11-9-16)27-22-20(21(24)25-14-26-22)15-6-12-19(13-7-15)28-18-4-2-1-3-5-18/h1-7,12-14,16-17H,8-11,23H2,(H3,24,25,26,27)/t16-,17-. The lowest BCUT2D eigenvalue weighted by molar-refractivity contribution is 0.410. The largest absolute Gasteiger partial charge is 0.457 e. The van der Waals surface area contributed by atoms with Crippen LogP contribution in [-0.4, -0.2) is 22.1 Å². The van der Waals surface area contributed by atoms with Crippen LogP contribution >= 0.6 is 0 Å². The third-order valence-corrected chi connectivity index (χ3v) is 5.11. The number of aromatic nitrogens is 2. The fourth-order valence-corrected chi connectivity index (χ4v) is 3.56. The molecule has 1 heterocycles. The number of benzene rings is 2. The van der Waals surface area contributed by atoms with Gasteiger partial charge in [-0.1, -0.05) is 30.3 Å². The number of nitrogen functional groups attached to an aromatic ring is 1. The number of hydrogen-bond acceptors (Lipinski definition) is 6. The molecule has 5 N–H and O–H groups in total. The average Bonchev–Trinajstić information content (AvgIpc) is 2.72. The van der Waals surface area contributed by atoms with Gasteiger partial charge in [0.2, 0.25) is 0 Å². The SMILES string of the molecule is Nc1ncnc(N[C@H]2CC[C@H](N)CC2)c1-c1ccc(Oc2ccccc2)cc1. The number of rotatable bonds is 5. The summed E-state index contributed by atoms with van der Waals surface area (Å²) in [7, 11) is 0. The molecule has 0 unspecified atom stereocenters. The summed E-state index contributed by atoms with van der Waals surface area (Å²) in [6.07, 6.45) is 5.63. The van der Waals surface area contributed by atoms with Crippen LogP contribution in [0.25, 0.3) is 11.1 Å². The second-order valence-corrected chi connectivity index (χ2v) is 7.18. The molecule has 2 aromatic carbocycles. The van der Waals surface area contributed by atoms with Gasteiger partial charge >= 0.3 is 0 Å². The molecule has 6 heteroatoms. The summed E-state index contributed by atoms with van der Waals surface area (Å²) in [6, 6.07) is 18.2. The molecule has 1 aliphatic rings. The zero-order chi connectivity index (χ0) is 19.3. The Hall–Kier alpha value is -3.12. The Morgan fingerprint density at radius 3 is 2.25 bits per heavy atom. The molecule has 1 aliphatic carbocycles. The van der Waals surface area contributed by atoms with E-state index < -0.39 is 0 Å². The number of nitrogens with zero attached hydrogens (tertiary/aromatic N) is 2. The van der Waals surface area contributed by atoms with Crippen molar-refractivity contribution in [3.63, 3.8) is 0 Å². The molecular formula is C22H25N5O. The zero-order valence-electron chi connectivity index (χ0n) is 15.7. The van der Waals surface area contributed by atoms with Crippen LogP contribution in [0.2, 0.25) is 0 Å². The second-order valence-electron chi connectivity index (χ2n) is 7.18. The molecule has 0 saturated heterocycles. The van der Waals surface area contributed by atoms with Crippen molar-refractivity contribution in [3.05, 3.63) is 60.9 Å². The monoisotopic (exact) mass is 375 g/mol. The summed E-state index contributed by atoms with van der Waals surface area (Å²) in [4.78, 5) is 8.64. The van der Waals surface area contributed by atoms with Crippen LogP contribution in [0.4, 0.5) is 11.6 Å². The summed E-state index contributed by atoms with van der Waals surface area (Å²) in [5.41, 5.74) is 14.0. The van der Waals surface area contributed by atoms with Gasteiger partial charge in [-0.05, 0) is 55.5 Å². The predicted molar refractivity (Wildman–Crippen MR) is 112 cm³/mol. The van der Waals surface area contributed by atoms with Crippen molar-refractivity contribution in [1.82, 2.24) is 9.97 Å². The van der Waals surface area contributed by atoms with Crippen LogP contribution in [0.5, 0.6) is 11.5 Å². The van der Waals surface area contributed by atoms with Crippen LogP contribution in [0.1, 0.15) is 25.7 Å². The van der Waals surface area contributed by atoms with Gasteiger partial charge in [-0.25, -0.2) is 9.97 Å². The normalized spacial score (nSPS) is 19.2. The van der Waals surface area contributed by atoms with Gasteiger partial charge in [0, 0.05) is 12.1 Å². The lowest BCUT2D eigenvalue weighted by atomic mass is 9.91. The Kier molecular flexibility index (Phi) is 5.39. The molecule has 28 heavy (non-hydrogen) atoms. The van der Waals surface area contributed by atoms with Crippen molar-refractivity contribution in [2.45, 2.75) is 37.8 Å². The van der Waals surface area contributed by atoms with Gasteiger partial charge < -0.3 is 21.5 Å². The summed E-state index contributed by atoms with van der Waals surface area (Å²) in [5.74, 6) is 2.79. The molecule has 0 spiro atoms. The van der Waals surface area contributed by atoms with E-state index >= 15 is 0 Å². The van der Waals surface area contributed by atoms with Gasteiger partial charge in [0.1, 0.15) is 29.5 Å². The Morgan fingerprint density at radius 1 is 0.857 bits per heavy atom. The molecular weight excluding hydrogens is 350 g/mol. The molecule has 0 amide bonds. The first-order valence-electron chi connectivity index (χ1n) is 9.65. The van der Waals surface area contributed by atoms with Crippen LogP contribution in [0.15, 0.2) is 60.9 Å². The van der Waals surface area contributed by atoms with Crippen molar-refractivity contribution in [3.8, 4) is 22.6 Å². The van der Waals surface area contributed by atoms with Crippen molar-refractivity contribution in [2.75, 3.05) is 11.1 Å². The van der Waals surface area contributed by atoms with E-state index in [2.05, 4.69) is 15.3 Å². The fraction of sp³-hybridized carbons (Fsp3) is 0.273. The Morgan fingerprint density at radius 2 is 1.54 bits per heavy atom. The molecule has 6 nitrogen and oxygen atoms in total. The van der Waals surface area contributed by atoms with E-state index in [1.54, 1.807) is 0 Å². The first-order chi connectivity index (χ1) is 13.7. The highest BCUT2D eigenvalue weighted by Gasteiger charge is 2.21. The van der Waals surface area contributed by atoms with Crippen molar-refractivity contribution in [2.24, 2.45) is 5.73 Å². The minimum absolute atomic E-state index is 0.310. The molecule has 0 aliphatic heterocycles.